The van der Waals surface area contributed by atoms with Crippen LogP contribution in [-0.4, -0.2) is 0 Å². The van der Waals surface area contributed by atoms with Crippen molar-refractivity contribution in [2.75, 3.05) is 11.1 Å². The number of nitrogen functional groups attached to an aromatic ring is 1. The summed E-state index contributed by atoms with van der Waals surface area (Å²) < 4.78 is 38.8. The molecule has 0 saturated carbocycles. The summed E-state index contributed by atoms with van der Waals surface area (Å²) in [4.78, 5) is 0. The molecule has 2 rings (SSSR count). The monoisotopic (exact) mass is 277 g/mol. The van der Waals surface area contributed by atoms with Crippen molar-refractivity contribution in [1.29, 1.82) is 5.26 Å². The van der Waals surface area contributed by atoms with Crippen LogP contribution in [-0.2, 0) is 6.18 Å². The molecule has 2 aromatic carbocycles. The number of alkyl halides is 3. The van der Waals surface area contributed by atoms with Gasteiger partial charge in [0.25, 0.3) is 0 Å². The van der Waals surface area contributed by atoms with Crippen LogP contribution in [0.1, 0.15) is 11.1 Å². The third kappa shape index (κ3) is 3.01. The van der Waals surface area contributed by atoms with Crippen LogP contribution in [0.5, 0.6) is 0 Å². The normalized spacial score (nSPS) is 10.9. The first-order chi connectivity index (χ1) is 9.40. The average Bonchev–Trinajstić information content (AvgIpc) is 2.40. The Hall–Kier alpha value is -2.68. The molecule has 0 aliphatic carbocycles. The molecule has 3 nitrogen and oxygen atoms in total. The Balaban J connectivity index is 2.41. The van der Waals surface area contributed by atoms with E-state index in [4.69, 9.17) is 11.0 Å². The quantitative estimate of drug-likeness (QED) is 0.818. The molecule has 0 aliphatic rings. The van der Waals surface area contributed by atoms with Gasteiger partial charge in [-0.1, -0.05) is 6.07 Å². The summed E-state index contributed by atoms with van der Waals surface area (Å²) in [7, 11) is 0. The minimum atomic E-state index is -4.51. The van der Waals surface area contributed by atoms with E-state index in [0.29, 0.717) is 11.3 Å². The fourth-order valence-corrected chi connectivity index (χ4v) is 1.73. The van der Waals surface area contributed by atoms with Gasteiger partial charge >= 0.3 is 6.18 Å². The maximum absolute atomic E-state index is 12.9. The summed E-state index contributed by atoms with van der Waals surface area (Å²) >= 11 is 0. The smallest absolute Gasteiger partial charge is 0.399 e. The Morgan fingerprint density at radius 3 is 2.50 bits per heavy atom. The van der Waals surface area contributed by atoms with Crippen LogP contribution in [0.4, 0.5) is 30.2 Å². The molecule has 0 unspecified atom stereocenters. The Labute approximate surface area is 113 Å². The van der Waals surface area contributed by atoms with Gasteiger partial charge in [-0.25, -0.2) is 0 Å². The summed E-state index contributed by atoms with van der Waals surface area (Å²) in [6.45, 7) is 0. The zero-order chi connectivity index (χ0) is 14.8. The van der Waals surface area contributed by atoms with Gasteiger partial charge in [-0.15, -0.1) is 0 Å². The highest BCUT2D eigenvalue weighted by atomic mass is 19.4. The van der Waals surface area contributed by atoms with Crippen molar-refractivity contribution in [2.24, 2.45) is 0 Å². The minimum absolute atomic E-state index is 0.0358. The zero-order valence-electron chi connectivity index (χ0n) is 10.2. The second kappa shape index (κ2) is 5.13. The van der Waals surface area contributed by atoms with E-state index in [0.717, 1.165) is 6.07 Å². The number of nitrogens with zero attached hydrogens (tertiary/aromatic N) is 1. The van der Waals surface area contributed by atoms with E-state index in [2.05, 4.69) is 5.32 Å². The average molecular weight is 277 g/mol. The third-order valence-electron chi connectivity index (χ3n) is 2.62. The molecule has 0 radical (unpaired) electrons. The zero-order valence-corrected chi connectivity index (χ0v) is 10.2. The van der Waals surface area contributed by atoms with E-state index in [1.807, 2.05) is 6.07 Å². The Kier molecular flexibility index (Phi) is 3.53. The van der Waals surface area contributed by atoms with Gasteiger partial charge in [0.05, 0.1) is 22.9 Å². The lowest BCUT2D eigenvalue weighted by Crippen LogP contribution is -2.09. The molecular formula is C14H10F3N3. The summed E-state index contributed by atoms with van der Waals surface area (Å²) in [6.07, 6.45) is -4.51. The lowest BCUT2D eigenvalue weighted by molar-refractivity contribution is -0.136. The van der Waals surface area contributed by atoms with Crippen LogP contribution in [0.25, 0.3) is 0 Å². The van der Waals surface area contributed by atoms with Crippen molar-refractivity contribution in [3.05, 3.63) is 53.6 Å². The van der Waals surface area contributed by atoms with Gasteiger partial charge in [0.15, 0.2) is 0 Å². The van der Waals surface area contributed by atoms with Crippen molar-refractivity contribution in [3.63, 3.8) is 0 Å². The van der Waals surface area contributed by atoms with Gasteiger partial charge in [-0.3, -0.25) is 0 Å². The van der Waals surface area contributed by atoms with Gasteiger partial charge in [0.2, 0.25) is 0 Å². The van der Waals surface area contributed by atoms with Crippen LogP contribution < -0.4 is 11.1 Å². The van der Waals surface area contributed by atoms with Crippen LogP contribution >= 0.6 is 0 Å². The molecule has 0 spiro atoms. The molecule has 3 N–H and O–H groups in total. The number of benzene rings is 2. The van der Waals surface area contributed by atoms with E-state index in [1.54, 1.807) is 18.2 Å². The standard InChI is InChI=1S/C14H10F3N3/c15-14(16,17)12-7-10(19)4-5-13(12)20-11-3-1-2-9(6-11)8-18/h1-7,20H,19H2. The van der Waals surface area contributed by atoms with Crippen molar-refractivity contribution >= 4 is 17.1 Å². The molecule has 0 saturated heterocycles. The van der Waals surface area contributed by atoms with Crippen molar-refractivity contribution in [2.45, 2.75) is 6.18 Å². The predicted octanol–water partition coefficient (Wildman–Crippen LogP) is 3.90. The lowest BCUT2D eigenvalue weighted by atomic mass is 10.1. The molecule has 0 fully saturated rings. The molecule has 0 aliphatic heterocycles. The Morgan fingerprint density at radius 2 is 1.85 bits per heavy atom. The number of rotatable bonds is 2. The topological polar surface area (TPSA) is 61.8 Å². The molecule has 0 amide bonds. The molecule has 0 bridgehead atoms. The summed E-state index contributed by atoms with van der Waals surface area (Å²) in [6, 6.07) is 11.6. The number of nitrogens with one attached hydrogen (secondary N) is 1. The predicted molar refractivity (Wildman–Crippen MR) is 70.3 cm³/mol. The number of nitriles is 1. The maximum Gasteiger partial charge on any atom is 0.418 e. The van der Waals surface area contributed by atoms with Crippen LogP contribution in [0.2, 0.25) is 0 Å². The number of hydrogen-bond donors (Lipinski definition) is 2. The molecule has 102 valence electrons. The van der Waals surface area contributed by atoms with Crippen molar-refractivity contribution in [3.8, 4) is 6.07 Å². The number of hydrogen-bond acceptors (Lipinski definition) is 3. The second-order valence-corrected chi connectivity index (χ2v) is 4.12. The maximum atomic E-state index is 12.9. The van der Waals surface area contributed by atoms with Crippen molar-refractivity contribution in [1.82, 2.24) is 0 Å². The van der Waals surface area contributed by atoms with E-state index >= 15 is 0 Å². The molecular weight excluding hydrogens is 267 g/mol. The molecule has 2 aromatic rings. The minimum Gasteiger partial charge on any atom is -0.399 e. The number of nitrogens with two attached hydrogens (primary N) is 1. The number of halogens is 3. The van der Waals surface area contributed by atoms with Gasteiger partial charge in [0.1, 0.15) is 0 Å². The molecule has 6 heteroatoms. The largest absolute Gasteiger partial charge is 0.418 e. The highest BCUT2D eigenvalue weighted by Crippen LogP contribution is 2.37. The first-order valence-corrected chi connectivity index (χ1v) is 5.64. The highest BCUT2D eigenvalue weighted by Gasteiger charge is 2.33. The summed E-state index contributed by atoms with van der Waals surface area (Å²) in [5.41, 5.74) is 5.23. The SMILES string of the molecule is N#Cc1cccc(Nc2ccc(N)cc2C(F)(F)F)c1. The van der Waals surface area contributed by atoms with Gasteiger partial charge in [-0.05, 0) is 36.4 Å². The summed E-state index contributed by atoms with van der Waals surface area (Å²) in [5, 5.41) is 11.4. The van der Waals surface area contributed by atoms with E-state index in [-0.39, 0.29) is 11.4 Å². The first kappa shape index (κ1) is 13.7. The van der Waals surface area contributed by atoms with Gasteiger partial charge in [0, 0.05) is 11.4 Å². The molecule has 0 heterocycles. The molecule has 0 aromatic heterocycles. The van der Waals surface area contributed by atoms with E-state index < -0.39 is 11.7 Å². The van der Waals surface area contributed by atoms with E-state index in [1.165, 1.54) is 18.2 Å². The first-order valence-electron chi connectivity index (χ1n) is 5.64. The Morgan fingerprint density at radius 1 is 1.10 bits per heavy atom. The lowest BCUT2D eigenvalue weighted by Gasteiger charge is -2.15. The fraction of sp³-hybridized carbons (Fsp3) is 0.0714. The van der Waals surface area contributed by atoms with Crippen LogP contribution in [0.3, 0.4) is 0 Å². The molecule has 20 heavy (non-hydrogen) atoms. The van der Waals surface area contributed by atoms with Crippen LogP contribution in [0, 0.1) is 11.3 Å². The van der Waals surface area contributed by atoms with Crippen molar-refractivity contribution < 1.29 is 13.2 Å². The van der Waals surface area contributed by atoms with Gasteiger partial charge in [-0.2, -0.15) is 18.4 Å². The fourth-order valence-electron chi connectivity index (χ4n) is 1.73. The highest BCUT2D eigenvalue weighted by molar-refractivity contribution is 5.67. The van der Waals surface area contributed by atoms with Gasteiger partial charge < -0.3 is 11.1 Å². The molecule has 0 atom stereocenters. The second-order valence-electron chi connectivity index (χ2n) is 4.12. The summed E-state index contributed by atoms with van der Waals surface area (Å²) in [5.74, 6) is 0. The Bertz CT molecular complexity index is 672. The third-order valence-corrected chi connectivity index (χ3v) is 2.62. The van der Waals surface area contributed by atoms with Crippen LogP contribution in [0.15, 0.2) is 42.5 Å². The number of anilines is 3. The van der Waals surface area contributed by atoms with E-state index in [9.17, 15) is 13.2 Å².